The molecule has 0 aliphatic rings. The quantitative estimate of drug-likeness (QED) is 0.367. The van der Waals surface area contributed by atoms with Crippen LogP contribution in [0.5, 0.6) is 0 Å². The summed E-state index contributed by atoms with van der Waals surface area (Å²) in [5.41, 5.74) is -5.31. The summed E-state index contributed by atoms with van der Waals surface area (Å²) in [5.74, 6) is 0. The third-order valence-electron chi connectivity index (χ3n) is 2.27. The van der Waals surface area contributed by atoms with Gasteiger partial charge < -0.3 is 0 Å². The molecule has 0 saturated heterocycles. The number of hydrogen-bond donors (Lipinski definition) is 0. The summed E-state index contributed by atoms with van der Waals surface area (Å²) in [6.07, 6.45) is 6.35. The molecular weight excluding hydrogens is 257 g/mol. The van der Waals surface area contributed by atoms with E-state index in [0.29, 0.717) is 12.8 Å². The molecule has 0 fully saturated rings. The van der Waals surface area contributed by atoms with Crippen LogP contribution in [-0.4, -0.2) is 20.5 Å². The summed E-state index contributed by atoms with van der Waals surface area (Å²) in [6, 6.07) is 0. The molecule has 0 heterocycles. The first-order chi connectivity index (χ1) is 7.81. The molecule has 0 N–H and O–H groups in total. The van der Waals surface area contributed by atoms with Gasteiger partial charge in [0.1, 0.15) is 0 Å². The van der Waals surface area contributed by atoms with Gasteiger partial charge in [-0.1, -0.05) is 45.4 Å². The fourth-order valence-corrected chi connectivity index (χ4v) is 1.77. The lowest BCUT2D eigenvalue weighted by atomic mass is 10.1. The van der Waals surface area contributed by atoms with Crippen molar-refractivity contribution < 1.29 is 25.8 Å². The fraction of sp³-hybridized carbons (Fsp3) is 1.00. The van der Waals surface area contributed by atoms with Gasteiger partial charge in [0.05, 0.1) is 6.61 Å². The molecule has 0 bridgehead atoms. The second-order valence-electron chi connectivity index (χ2n) is 3.84. The van der Waals surface area contributed by atoms with Crippen molar-refractivity contribution in [2.45, 2.75) is 57.4 Å². The van der Waals surface area contributed by atoms with Crippen LogP contribution in [0.3, 0.4) is 0 Å². The molecule has 0 unspecified atom stereocenters. The van der Waals surface area contributed by atoms with Gasteiger partial charge in [0.15, 0.2) is 0 Å². The van der Waals surface area contributed by atoms with E-state index in [-0.39, 0.29) is 0 Å². The molecule has 0 radical (unpaired) electrons. The van der Waals surface area contributed by atoms with Crippen LogP contribution in [0.1, 0.15) is 51.9 Å². The first-order valence-electron chi connectivity index (χ1n) is 5.77. The fourth-order valence-electron chi connectivity index (χ4n) is 1.29. The molecule has 0 atom stereocenters. The van der Waals surface area contributed by atoms with Crippen LogP contribution in [0.4, 0.5) is 13.2 Å². The second kappa shape index (κ2) is 7.92. The van der Waals surface area contributed by atoms with Gasteiger partial charge >= 0.3 is 15.6 Å². The Balaban J connectivity index is 3.53. The average molecular weight is 276 g/mol. The standard InChI is InChI=1S/C10H19F3O3S/c1-2-3-4-5-6-7-8-9-16-17(14,15)10(11,12)13/h2-9H2,1H3. The number of hydrogen-bond acceptors (Lipinski definition) is 3. The minimum absolute atomic E-state index is 0.335. The SMILES string of the molecule is CCCCCCCCCOS(=O)(=O)C(F)(F)F. The molecule has 3 nitrogen and oxygen atoms in total. The molecule has 0 amide bonds. The van der Waals surface area contributed by atoms with Gasteiger partial charge in [-0.3, -0.25) is 4.18 Å². The summed E-state index contributed by atoms with van der Waals surface area (Å²) in [4.78, 5) is 0. The minimum Gasteiger partial charge on any atom is -0.263 e. The predicted octanol–water partition coefficient (Wildman–Crippen LogP) is 3.60. The molecule has 0 aliphatic carbocycles. The Hall–Kier alpha value is -0.300. The molecule has 104 valence electrons. The first-order valence-corrected chi connectivity index (χ1v) is 7.18. The summed E-state index contributed by atoms with van der Waals surface area (Å²) in [5, 5.41) is 0. The van der Waals surface area contributed by atoms with Crippen LogP contribution in [-0.2, 0) is 14.3 Å². The van der Waals surface area contributed by atoms with E-state index >= 15 is 0 Å². The molecule has 7 heteroatoms. The highest BCUT2D eigenvalue weighted by atomic mass is 32.2. The van der Waals surface area contributed by atoms with Crippen molar-refractivity contribution in [3.8, 4) is 0 Å². The van der Waals surface area contributed by atoms with Gasteiger partial charge in [-0.2, -0.15) is 21.6 Å². The van der Waals surface area contributed by atoms with Crippen LogP contribution in [0.2, 0.25) is 0 Å². The first kappa shape index (κ1) is 16.7. The van der Waals surface area contributed by atoms with Crippen LogP contribution in [0.15, 0.2) is 0 Å². The maximum Gasteiger partial charge on any atom is 0.523 e. The number of rotatable bonds is 9. The number of alkyl halides is 3. The summed E-state index contributed by atoms with van der Waals surface area (Å²) in [6.45, 7) is 1.70. The predicted molar refractivity (Wildman–Crippen MR) is 58.9 cm³/mol. The monoisotopic (exact) mass is 276 g/mol. The van der Waals surface area contributed by atoms with E-state index in [1.54, 1.807) is 0 Å². The zero-order valence-corrected chi connectivity index (χ0v) is 10.7. The molecule has 0 aromatic heterocycles. The van der Waals surface area contributed by atoms with Gasteiger partial charge in [0.2, 0.25) is 0 Å². The third-order valence-corrected chi connectivity index (χ3v) is 3.31. The Morgan fingerprint density at radius 2 is 1.41 bits per heavy atom. The van der Waals surface area contributed by atoms with Crippen molar-refractivity contribution in [3.63, 3.8) is 0 Å². The smallest absolute Gasteiger partial charge is 0.263 e. The largest absolute Gasteiger partial charge is 0.523 e. The highest BCUT2D eigenvalue weighted by Crippen LogP contribution is 2.24. The lowest BCUT2D eigenvalue weighted by Gasteiger charge is -2.07. The Labute approximate surface area is 100 Å². The Bertz CT molecular complexity index is 286. The van der Waals surface area contributed by atoms with Gasteiger partial charge in [0.25, 0.3) is 0 Å². The van der Waals surface area contributed by atoms with Crippen LogP contribution in [0, 0.1) is 0 Å². The minimum atomic E-state index is -5.40. The van der Waals surface area contributed by atoms with Gasteiger partial charge in [-0.15, -0.1) is 0 Å². The van der Waals surface area contributed by atoms with E-state index in [4.69, 9.17) is 0 Å². The van der Waals surface area contributed by atoms with Crippen LogP contribution >= 0.6 is 0 Å². The van der Waals surface area contributed by atoms with Crippen LogP contribution in [0.25, 0.3) is 0 Å². The zero-order chi connectivity index (χ0) is 13.4. The van der Waals surface area contributed by atoms with Crippen molar-refractivity contribution in [1.82, 2.24) is 0 Å². The highest BCUT2D eigenvalue weighted by molar-refractivity contribution is 7.87. The summed E-state index contributed by atoms with van der Waals surface area (Å²) >= 11 is 0. The molecule has 0 aromatic rings. The second-order valence-corrected chi connectivity index (χ2v) is 5.45. The van der Waals surface area contributed by atoms with E-state index in [9.17, 15) is 21.6 Å². The van der Waals surface area contributed by atoms with Gasteiger partial charge in [-0.25, -0.2) is 0 Å². The Morgan fingerprint density at radius 1 is 0.941 bits per heavy atom. The molecule has 0 aliphatic heterocycles. The van der Waals surface area contributed by atoms with E-state index < -0.39 is 22.2 Å². The van der Waals surface area contributed by atoms with Crippen molar-refractivity contribution in [3.05, 3.63) is 0 Å². The summed E-state index contributed by atoms with van der Waals surface area (Å²) < 4.78 is 60.3. The molecule has 0 rings (SSSR count). The highest BCUT2D eigenvalue weighted by Gasteiger charge is 2.47. The van der Waals surface area contributed by atoms with Gasteiger partial charge in [-0.05, 0) is 6.42 Å². The lowest BCUT2D eigenvalue weighted by Crippen LogP contribution is -2.25. The normalized spacial score (nSPS) is 12.9. The maximum absolute atomic E-state index is 11.8. The molecule has 17 heavy (non-hydrogen) atoms. The number of halogens is 3. The third kappa shape index (κ3) is 7.59. The molecule has 0 spiro atoms. The van der Waals surface area contributed by atoms with E-state index in [2.05, 4.69) is 11.1 Å². The van der Waals surface area contributed by atoms with Crippen LogP contribution < -0.4 is 0 Å². The number of unbranched alkanes of at least 4 members (excludes halogenated alkanes) is 6. The maximum atomic E-state index is 11.8. The average Bonchev–Trinajstić information content (AvgIpc) is 2.20. The molecule has 0 saturated carbocycles. The van der Waals surface area contributed by atoms with E-state index in [1.807, 2.05) is 0 Å². The van der Waals surface area contributed by atoms with Gasteiger partial charge in [0, 0.05) is 0 Å². The van der Waals surface area contributed by atoms with Crippen molar-refractivity contribution in [2.75, 3.05) is 6.61 Å². The summed E-state index contributed by atoms with van der Waals surface area (Å²) in [7, 11) is -5.40. The van der Waals surface area contributed by atoms with E-state index in [1.165, 1.54) is 0 Å². The van der Waals surface area contributed by atoms with E-state index in [0.717, 1.165) is 32.1 Å². The van der Waals surface area contributed by atoms with Crippen molar-refractivity contribution in [1.29, 1.82) is 0 Å². The Morgan fingerprint density at radius 3 is 1.88 bits per heavy atom. The Kier molecular flexibility index (Phi) is 7.78. The van der Waals surface area contributed by atoms with Crippen molar-refractivity contribution >= 4 is 10.1 Å². The lowest BCUT2D eigenvalue weighted by molar-refractivity contribution is -0.0542. The molecule has 0 aromatic carbocycles. The molecular formula is C10H19F3O3S. The topological polar surface area (TPSA) is 43.4 Å². The van der Waals surface area contributed by atoms with Crippen molar-refractivity contribution in [2.24, 2.45) is 0 Å². The zero-order valence-electron chi connectivity index (χ0n) is 9.92.